The standard InChI is InChI=1S/C9H11F2N3O3/c10-6-4(3-15)17-8(7(6)11)14-2-1-5(12)13-9(14)16/h1-2,4,6-8,15H,3H2,(H2,12,13,16)/t4-,6-,7-,8-/m1/s1. The van der Waals surface area contributed by atoms with Crippen LogP contribution in [0.15, 0.2) is 17.1 Å². The summed E-state index contributed by atoms with van der Waals surface area (Å²) in [6, 6.07) is 1.27. The molecule has 0 aliphatic carbocycles. The molecule has 0 bridgehead atoms. The summed E-state index contributed by atoms with van der Waals surface area (Å²) in [5, 5.41) is 8.78. The third-order valence-electron chi connectivity index (χ3n) is 2.55. The first-order valence-corrected chi connectivity index (χ1v) is 4.93. The molecule has 1 aromatic heterocycles. The van der Waals surface area contributed by atoms with Gasteiger partial charge in [-0.25, -0.2) is 13.6 Å². The first kappa shape index (κ1) is 11.9. The molecule has 1 saturated heterocycles. The lowest BCUT2D eigenvalue weighted by molar-refractivity contribution is -0.0436. The molecule has 1 fully saturated rings. The number of nitrogen functional groups attached to an aromatic ring is 1. The van der Waals surface area contributed by atoms with Gasteiger partial charge in [0.1, 0.15) is 11.9 Å². The molecule has 1 aromatic rings. The number of alkyl halides is 2. The number of rotatable bonds is 2. The Morgan fingerprint density at radius 2 is 2.24 bits per heavy atom. The summed E-state index contributed by atoms with van der Waals surface area (Å²) >= 11 is 0. The highest BCUT2D eigenvalue weighted by atomic mass is 19.2. The third-order valence-corrected chi connectivity index (χ3v) is 2.55. The molecule has 0 saturated carbocycles. The smallest absolute Gasteiger partial charge is 0.351 e. The molecular formula is C9H11F2N3O3. The van der Waals surface area contributed by atoms with Crippen LogP contribution in [-0.4, -0.2) is 39.7 Å². The lowest BCUT2D eigenvalue weighted by Gasteiger charge is -2.15. The number of hydrogen-bond acceptors (Lipinski definition) is 5. The number of nitrogens with two attached hydrogens (primary N) is 1. The van der Waals surface area contributed by atoms with Crippen LogP contribution in [0.3, 0.4) is 0 Å². The molecule has 0 unspecified atom stereocenters. The molecule has 94 valence electrons. The summed E-state index contributed by atoms with van der Waals surface area (Å²) in [6.45, 7) is -0.658. The van der Waals surface area contributed by atoms with E-state index < -0.39 is 37.0 Å². The van der Waals surface area contributed by atoms with Crippen LogP contribution in [0, 0.1) is 0 Å². The Kier molecular flexibility index (Phi) is 3.07. The van der Waals surface area contributed by atoms with E-state index in [9.17, 15) is 13.6 Å². The number of anilines is 1. The minimum atomic E-state index is -2.03. The Morgan fingerprint density at radius 1 is 1.53 bits per heavy atom. The number of halogens is 2. The van der Waals surface area contributed by atoms with Crippen LogP contribution in [0.2, 0.25) is 0 Å². The highest BCUT2D eigenvalue weighted by molar-refractivity contribution is 5.23. The van der Waals surface area contributed by atoms with Crippen molar-refractivity contribution in [2.24, 2.45) is 0 Å². The van der Waals surface area contributed by atoms with Crippen LogP contribution < -0.4 is 11.4 Å². The molecule has 0 amide bonds. The van der Waals surface area contributed by atoms with Crippen molar-refractivity contribution in [1.29, 1.82) is 0 Å². The largest absolute Gasteiger partial charge is 0.394 e. The van der Waals surface area contributed by atoms with Crippen molar-refractivity contribution in [2.75, 3.05) is 12.3 Å². The Morgan fingerprint density at radius 3 is 2.76 bits per heavy atom. The summed E-state index contributed by atoms with van der Waals surface area (Å²) in [7, 11) is 0. The molecule has 4 atom stereocenters. The highest BCUT2D eigenvalue weighted by Crippen LogP contribution is 2.32. The van der Waals surface area contributed by atoms with Crippen molar-refractivity contribution in [2.45, 2.75) is 24.7 Å². The van der Waals surface area contributed by atoms with Crippen LogP contribution in [-0.2, 0) is 4.74 Å². The van der Waals surface area contributed by atoms with Gasteiger partial charge in [-0.2, -0.15) is 4.98 Å². The number of ether oxygens (including phenoxy) is 1. The predicted molar refractivity (Wildman–Crippen MR) is 53.7 cm³/mol. The molecule has 8 heteroatoms. The molecule has 2 heterocycles. The van der Waals surface area contributed by atoms with E-state index in [-0.39, 0.29) is 5.82 Å². The molecule has 6 nitrogen and oxygen atoms in total. The SMILES string of the molecule is Nc1ccn([C@@H]2O[C@H](CO)[C@@H](F)[C@H]2F)c(=O)n1. The summed E-state index contributed by atoms with van der Waals surface area (Å²) < 4.78 is 32.6. The Labute approximate surface area is 94.6 Å². The van der Waals surface area contributed by atoms with E-state index in [1.54, 1.807) is 0 Å². The van der Waals surface area contributed by atoms with Crippen molar-refractivity contribution >= 4 is 5.82 Å². The summed E-state index contributed by atoms with van der Waals surface area (Å²) in [5.74, 6) is -0.0184. The summed E-state index contributed by atoms with van der Waals surface area (Å²) in [6.07, 6.45) is -5.54. The third kappa shape index (κ3) is 2.01. The average molecular weight is 247 g/mol. The van der Waals surface area contributed by atoms with Gasteiger partial charge in [0.2, 0.25) is 0 Å². The van der Waals surface area contributed by atoms with Gasteiger partial charge in [0.25, 0.3) is 0 Å². The summed E-state index contributed by atoms with van der Waals surface area (Å²) in [5.41, 5.74) is 4.44. The van der Waals surface area contributed by atoms with Gasteiger partial charge in [0, 0.05) is 6.20 Å². The second-order valence-electron chi connectivity index (χ2n) is 3.68. The topological polar surface area (TPSA) is 90.4 Å². The Hall–Kier alpha value is -1.54. The molecular weight excluding hydrogens is 236 g/mol. The van der Waals surface area contributed by atoms with Gasteiger partial charge in [-0.1, -0.05) is 0 Å². The van der Waals surface area contributed by atoms with Crippen LogP contribution in [0.4, 0.5) is 14.6 Å². The molecule has 2 rings (SSSR count). The Balaban J connectivity index is 2.32. The zero-order valence-electron chi connectivity index (χ0n) is 8.66. The van der Waals surface area contributed by atoms with E-state index in [1.807, 2.05) is 0 Å². The monoisotopic (exact) mass is 247 g/mol. The number of nitrogens with zero attached hydrogens (tertiary/aromatic N) is 2. The van der Waals surface area contributed by atoms with Gasteiger partial charge in [0.15, 0.2) is 18.6 Å². The maximum atomic E-state index is 13.6. The van der Waals surface area contributed by atoms with Gasteiger partial charge >= 0.3 is 5.69 Å². The Bertz CT molecular complexity index is 467. The molecule has 0 radical (unpaired) electrons. The fraction of sp³-hybridized carbons (Fsp3) is 0.556. The first-order valence-electron chi connectivity index (χ1n) is 4.93. The molecule has 1 aliphatic heterocycles. The lowest BCUT2D eigenvalue weighted by Crippen LogP contribution is -2.32. The van der Waals surface area contributed by atoms with E-state index in [0.717, 1.165) is 4.57 Å². The van der Waals surface area contributed by atoms with E-state index in [0.29, 0.717) is 0 Å². The normalized spacial score (nSPS) is 32.9. The van der Waals surface area contributed by atoms with Gasteiger partial charge in [-0.15, -0.1) is 0 Å². The van der Waals surface area contributed by atoms with E-state index in [1.165, 1.54) is 12.3 Å². The van der Waals surface area contributed by atoms with E-state index >= 15 is 0 Å². The number of hydrogen-bond donors (Lipinski definition) is 2. The molecule has 3 N–H and O–H groups in total. The van der Waals surface area contributed by atoms with Gasteiger partial charge in [-0.3, -0.25) is 4.57 Å². The van der Waals surface area contributed by atoms with Crippen molar-refractivity contribution in [3.05, 3.63) is 22.7 Å². The van der Waals surface area contributed by atoms with Crippen molar-refractivity contribution in [1.82, 2.24) is 9.55 Å². The minimum absolute atomic E-state index is 0.0184. The van der Waals surface area contributed by atoms with E-state index in [4.69, 9.17) is 15.6 Å². The van der Waals surface area contributed by atoms with Crippen LogP contribution in [0.1, 0.15) is 6.23 Å². The van der Waals surface area contributed by atoms with Gasteiger partial charge in [0.05, 0.1) is 6.61 Å². The molecule has 0 spiro atoms. The average Bonchev–Trinajstić information content (AvgIpc) is 2.57. The second-order valence-corrected chi connectivity index (χ2v) is 3.68. The van der Waals surface area contributed by atoms with Crippen LogP contribution >= 0.6 is 0 Å². The fourth-order valence-corrected chi connectivity index (χ4v) is 1.67. The maximum Gasteiger partial charge on any atom is 0.351 e. The summed E-state index contributed by atoms with van der Waals surface area (Å²) in [4.78, 5) is 14.8. The maximum absolute atomic E-state index is 13.6. The van der Waals surface area contributed by atoms with Gasteiger partial charge in [-0.05, 0) is 6.07 Å². The highest BCUT2D eigenvalue weighted by Gasteiger charge is 2.46. The molecule has 0 aromatic carbocycles. The molecule has 17 heavy (non-hydrogen) atoms. The van der Waals surface area contributed by atoms with E-state index in [2.05, 4.69) is 4.98 Å². The predicted octanol–water partition coefficient (Wildman–Crippen LogP) is -0.609. The van der Waals surface area contributed by atoms with Crippen LogP contribution in [0.5, 0.6) is 0 Å². The lowest BCUT2D eigenvalue weighted by atomic mass is 10.2. The van der Waals surface area contributed by atoms with Gasteiger partial charge < -0.3 is 15.6 Å². The quantitative estimate of drug-likeness (QED) is 0.727. The molecule has 1 aliphatic rings. The number of aliphatic hydroxyl groups is 1. The fourth-order valence-electron chi connectivity index (χ4n) is 1.67. The van der Waals surface area contributed by atoms with Crippen molar-refractivity contribution in [3.63, 3.8) is 0 Å². The zero-order valence-corrected chi connectivity index (χ0v) is 8.66. The zero-order chi connectivity index (χ0) is 12.6. The van der Waals surface area contributed by atoms with Crippen molar-refractivity contribution in [3.8, 4) is 0 Å². The van der Waals surface area contributed by atoms with Crippen LogP contribution in [0.25, 0.3) is 0 Å². The number of aromatic nitrogens is 2. The first-order chi connectivity index (χ1) is 8.04. The van der Waals surface area contributed by atoms with Crippen molar-refractivity contribution < 1.29 is 18.6 Å². The number of aliphatic hydroxyl groups excluding tert-OH is 1. The second kappa shape index (κ2) is 4.38. The minimum Gasteiger partial charge on any atom is -0.394 e.